The van der Waals surface area contributed by atoms with E-state index in [-0.39, 0.29) is 11.8 Å². The minimum Gasteiger partial charge on any atom is -0.475 e. The predicted octanol–water partition coefficient (Wildman–Crippen LogP) is 1.88. The Kier molecular flexibility index (Phi) is 3.54. The van der Waals surface area contributed by atoms with Gasteiger partial charge in [-0.3, -0.25) is 4.90 Å². The van der Waals surface area contributed by atoms with Gasteiger partial charge in [-0.05, 0) is 32.0 Å². The normalized spacial score (nSPS) is 24.1. The van der Waals surface area contributed by atoms with Crippen LogP contribution in [0.1, 0.15) is 42.1 Å². The molecule has 110 valence electrons. The fourth-order valence-electron chi connectivity index (χ4n) is 2.95. The molecule has 0 aliphatic carbocycles. The Balaban J connectivity index is 1.72. The molecule has 1 atom stereocenters. The first-order valence-electron chi connectivity index (χ1n) is 6.95. The number of carboxylic acid groups (broad SMARTS) is 1. The first kappa shape index (κ1) is 13.6. The van der Waals surface area contributed by atoms with Gasteiger partial charge in [0.15, 0.2) is 5.79 Å². The van der Waals surface area contributed by atoms with Gasteiger partial charge in [-0.2, -0.15) is 0 Å². The summed E-state index contributed by atoms with van der Waals surface area (Å²) in [6, 6.07) is 3.23. The molecule has 1 N–H and O–H groups in total. The molecule has 2 saturated heterocycles. The van der Waals surface area contributed by atoms with E-state index in [2.05, 4.69) is 4.90 Å². The van der Waals surface area contributed by atoms with Crippen LogP contribution < -0.4 is 0 Å². The quantitative estimate of drug-likeness (QED) is 0.912. The van der Waals surface area contributed by atoms with Crippen molar-refractivity contribution in [2.24, 2.45) is 0 Å². The first-order valence-corrected chi connectivity index (χ1v) is 6.95. The second kappa shape index (κ2) is 5.20. The third-order valence-corrected chi connectivity index (χ3v) is 4.06. The largest absolute Gasteiger partial charge is 0.475 e. The maximum absolute atomic E-state index is 10.9. The van der Waals surface area contributed by atoms with E-state index >= 15 is 0 Å². The lowest BCUT2D eigenvalue weighted by Crippen LogP contribution is -2.49. The van der Waals surface area contributed by atoms with Crippen molar-refractivity contribution in [3.05, 3.63) is 23.7 Å². The van der Waals surface area contributed by atoms with Gasteiger partial charge in [0.05, 0.1) is 25.8 Å². The fraction of sp³-hybridized carbons (Fsp3) is 0.643. The summed E-state index contributed by atoms with van der Waals surface area (Å²) in [5, 5.41) is 8.91. The van der Waals surface area contributed by atoms with Crippen LogP contribution in [0.2, 0.25) is 0 Å². The van der Waals surface area contributed by atoms with Gasteiger partial charge in [-0.1, -0.05) is 0 Å². The van der Waals surface area contributed by atoms with E-state index in [4.69, 9.17) is 19.0 Å². The highest BCUT2D eigenvalue weighted by Gasteiger charge is 2.42. The van der Waals surface area contributed by atoms with Crippen molar-refractivity contribution in [1.82, 2.24) is 4.90 Å². The molecule has 1 unspecified atom stereocenters. The zero-order valence-corrected chi connectivity index (χ0v) is 11.5. The zero-order valence-electron chi connectivity index (χ0n) is 11.5. The topological polar surface area (TPSA) is 72.1 Å². The number of hydrogen-bond acceptors (Lipinski definition) is 5. The molecule has 0 aromatic carbocycles. The number of piperidine rings is 1. The van der Waals surface area contributed by atoms with Crippen molar-refractivity contribution in [3.63, 3.8) is 0 Å². The van der Waals surface area contributed by atoms with Crippen molar-refractivity contribution in [2.45, 2.75) is 31.6 Å². The van der Waals surface area contributed by atoms with Gasteiger partial charge in [-0.15, -0.1) is 0 Å². The Hall–Kier alpha value is -1.37. The maximum atomic E-state index is 10.9. The molecule has 2 aliphatic heterocycles. The molecule has 1 aromatic rings. The summed E-state index contributed by atoms with van der Waals surface area (Å²) >= 11 is 0. The Bertz CT molecular complexity index is 492. The number of carbonyl (C=O) groups is 1. The Morgan fingerprint density at radius 2 is 2.15 bits per heavy atom. The number of aromatic carboxylic acids is 1. The molecular formula is C14H19NO5. The van der Waals surface area contributed by atoms with Gasteiger partial charge in [0, 0.05) is 6.42 Å². The Morgan fingerprint density at radius 1 is 1.40 bits per heavy atom. The number of furan rings is 1. The molecule has 2 aliphatic rings. The van der Waals surface area contributed by atoms with Crippen LogP contribution in [0.4, 0.5) is 0 Å². The standard InChI is InChI=1S/C14H19NO5/c1-10(11-3-4-12(20-11)13(16)17)15-6-2-5-14(9-15)18-7-8-19-14/h3-4,10H,2,5-9H2,1H3,(H,16,17). The number of rotatable bonds is 3. The second-order valence-electron chi connectivity index (χ2n) is 5.36. The second-order valence-corrected chi connectivity index (χ2v) is 5.36. The van der Waals surface area contributed by atoms with E-state index in [1.807, 2.05) is 6.92 Å². The van der Waals surface area contributed by atoms with Crippen LogP contribution in [0, 0.1) is 0 Å². The van der Waals surface area contributed by atoms with Gasteiger partial charge in [0.1, 0.15) is 5.76 Å². The monoisotopic (exact) mass is 281 g/mol. The zero-order chi connectivity index (χ0) is 14.2. The van der Waals surface area contributed by atoms with Crippen LogP contribution in [0.25, 0.3) is 0 Å². The van der Waals surface area contributed by atoms with E-state index in [0.29, 0.717) is 25.5 Å². The summed E-state index contributed by atoms with van der Waals surface area (Å²) in [4.78, 5) is 13.1. The van der Waals surface area contributed by atoms with Gasteiger partial charge in [-0.25, -0.2) is 4.79 Å². The van der Waals surface area contributed by atoms with E-state index in [0.717, 1.165) is 19.4 Å². The van der Waals surface area contributed by atoms with Crippen molar-refractivity contribution >= 4 is 5.97 Å². The number of hydrogen-bond donors (Lipinski definition) is 1. The van der Waals surface area contributed by atoms with E-state index in [1.54, 1.807) is 6.07 Å². The van der Waals surface area contributed by atoms with E-state index in [1.165, 1.54) is 6.07 Å². The summed E-state index contributed by atoms with van der Waals surface area (Å²) in [6.07, 6.45) is 1.91. The first-order chi connectivity index (χ1) is 9.60. The van der Waals surface area contributed by atoms with Crippen LogP contribution >= 0.6 is 0 Å². The van der Waals surface area contributed by atoms with Crippen molar-refractivity contribution < 1.29 is 23.8 Å². The van der Waals surface area contributed by atoms with Crippen LogP contribution in [-0.2, 0) is 9.47 Å². The molecule has 0 radical (unpaired) electrons. The smallest absolute Gasteiger partial charge is 0.371 e. The maximum Gasteiger partial charge on any atom is 0.371 e. The minimum atomic E-state index is -1.04. The fourth-order valence-corrected chi connectivity index (χ4v) is 2.95. The summed E-state index contributed by atoms with van der Waals surface area (Å²) < 4.78 is 16.9. The number of carboxylic acids is 1. The third kappa shape index (κ3) is 2.46. The van der Waals surface area contributed by atoms with Crippen LogP contribution in [0.3, 0.4) is 0 Å². The van der Waals surface area contributed by atoms with Crippen LogP contribution in [0.15, 0.2) is 16.5 Å². The number of likely N-dealkylation sites (tertiary alicyclic amines) is 1. The van der Waals surface area contributed by atoms with Crippen LogP contribution in [0.5, 0.6) is 0 Å². The molecule has 0 bridgehead atoms. The van der Waals surface area contributed by atoms with Gasteiger partial charge < -0.3 is 19.0 Å². The molecule has 3 rings (SSSR count). The highest BCUT2D eigenvalue weighted by atomic mass is 16.7. The highest BCUT2D eigenvalue weighted by molar-refractivity contribution is 5.84. The molecule has 2 fully saturated rings. The average Bonchev–Trinajstić information content (AvgIpc) is 3.08. The molecule has 6 nitrogen and oxygen atoms in total. The molecule has 0 amide bonds. The molecule has 1 spiro atoms. The highest BCUT2D eigenvalue weighted by Crippen LogP contribution is 2.34. The average molecular weight is 281 g/mol. The SMILES string of the molecule is CC(c1ccc(C(=O)O)o1)N1CCCC2(C1)OCCO2. The van der Waals surface area contributed by atoms with Crippen molar-refractivity contribution in [2.75, 3.05) is 26.3 Å². The molecule has 6 heteroatoms. The molecule has 20 heavy (non-hydrogen) atoms. The summed E-state index contributed by atoms with van der Waals surface area (Å²) in [6.45, 7) is 4.92. The van der Waals surface area contributed by atoms with Gasteiger partial charge >= 0.3 is 5.97 Å². The number of nitrogens with zero attached hydrogens (tertiary/aromatic N) is 1. The van der Waals surface area contributed by atoms with Crippen molar-refractivity contribution in [1.29, 1.82) is 0 Å². The van der Waals surface area contributed by atoms with Gasteiger partial charge in [0.2, 0.25) is 5.76 Å². The lowest BCUT2D eigenvalue weighted by molar-refractivity contribution is -0.194. The Morgan fingerprint density at radius 3 is 2.80 bits per heavy atom. The summed E-state index contributed by atoms with van der Waals surface area (Å²) in [5.41, 5.74) is 0. The number of ether oxygens (including phenoxy) is 2. The minimum absolute atomic E-state index is 0.00748. The lowest BCUT2D eigenvalue weighted by Gasteiger charge is -2.40. The Labute approximate surface area is 117 Å². The van der Waals surface area contributed by atoms with E-state index in [9.17, 15) is 4.79 Å². The summed E-state index contributed by atoms with van der Waals surface area (Å²) in [5.74, 6) is -0.875. The molecule has 3 heterocycles. The summed E-state index contributed by atoms with van der Waals surface area (Å²) in [7, 11) is 0. The van der Waals surface area contributed by atoms with Gasteiger partial charge in [0.25, 0.3) is 0 Å². The molecule has 0 saturated carbocycles. The van der Waals surface area contributed by atoms with Crippen molar-refractivity contribution in [3.8, 4) is 0 Å². The van der Waals surface area contributed by atoms with E-state index < -0.39 is 11.8 Å². The van der Waals surface area contributed by atoms with Crippen LogP contribution in [-0.4, -0.2) is 48.1 Å². The molecule has 1 aromatic heterocycles. The third-order valence-electron chi connectivity index (χ3n) is 4.06. The predicted molar refractivity (Wildman–Crippen MR) is 69.5 cm³/mol. The molecular weight excluding hydrogens is 262 g/mol. The lowest BCUT2D eigenvalue weighted by atomic mass is 10.0.